The lowest BCUT2D eigenvalue weighted by Crippen LogP contribution is -2.51. The molecule has 12 heteroatoms. The van der Waals surface area contributed by atoms with Crippen molar-refractivity contribution in [2.24, 2.45) is 0 Å². The summed E-state index contributed by atoms with van der Waals surface area (Å²) in [5.74, 6) is -0.873. The molecule has 0 aliphatic rings. The molecule has 1 aromatic heterocycles. The first-order chi connectivity index (χ1) is 15.9. The molecule has 0 saturated carbocycles. The van der Waals surface area contributed by atoms with Gasteiger partial charge in [0.15, 0.2) is 6.29 Å². The number of methoxy groups -OCH3 is 1. The van der Waals surface area contributed by atoms with Crippen molar-refractivity contribution in [2.45, 2.75) is 45.2 Å². The number of thiophene rings is 1. The highest BCUT2D eigenvalue weighted by Gasteiger charge is 2.26. The van der Waals surface area contributed by atoms with Gasteiger partial charge in [0, 0.05) is 24.7 Å². The zero-order valence-corrected chi connectivity index (χ0v) is 21.6. The second kappa shape index (κ2) is 12.2. The molecule has 2 aromatic rings. The van der Waals surface area contributed by atoms with Crippen molar-refractivity contribution in [1.29, 1.82) is 0 Å². The third-order valence-electron chi connectivity index (χ3n) is 4.25. The van der Waals surface area contributed by atoms with Crippen LogP contribution >= 0.6 is 27.3 Å². The minimum atomic E-state index is -1.40. The fourth-order valence-corrected chi connectivity index (χ4v) is 4.37. The molecule has 2 atom stereocenters. The molecular formula is C22H28BrN3O7S. The van der Waals surface area contributed by atoms with E-state index in [9.17, 15) is 24.6 Å². The number of carbonyl (C=O) groups excluding carboxylic acids is 3. The maximum Gasteiger partial charge on any atom is 0.407 e. The van der Waals surface area contributed by atoms with Gasteiger partial charge < -0.3 is 35.6 Å². The van der Waals surface area contributed by atoms with E-state index in [1.165, 1.54) is 25.3 Å². The number of halogens is 1. The van der Waals surface area contributed by atoms with Gasteiger partial charge in [-0.2, -0.15) is 0 Å². The molecule has 1 heterocycles. The molecule has 0 bridgehead atoms. The van der Waals surface area contributed by atoms with Crippen molar-refractivity contribution < 1.29 is 34.1 Å². The van der Waals surface area contributed by atoms with Gasteiger partial charge in [-0.3, -0.25) is 9.59 Å². The topological polar surface area (TPSA) is 146 Å². The van der Waals surface area contributed by atoms with E-state index in [4.69, 9.17) is 9.47 Å². The van der Waals surface area contributed by atoms with Crippen LogP contribution in [0.5, 0.6) is 5.75 Å². The Morgan fingerprint density at radius 1 is 1.15 bits per heavy atom. The molecule has 0 aliphatic heterocycles. The van der Waals surface area contributed by atoms with Crippen molar-refractivity contribution in [1.82, 2.24) is 16.0 Å². The average Bonchev–Trinajstić information content (AvgIpc) is 3.15. The zero-order chi connectivity index (χ0) is 25.5. The highest BCUT2D eigenvalue weighted by atomic mass is 79.9. The monoisotopic (exact) mass is 557 g/mol. The number of carbonyl (C=O) groups is 3. The lowest BCUT2D eigenvalue weighted by molar-refractivity contribution is -0.0941. The molecule has 0 fully saturated rings. The van der Waals surface area contributed by atoms with Gasteiger partial charge in [-0.1, -0.05) is 12.1 Å². The van der Waals surface area contributed by atoms with Crippen molar-refractivity contribution in [3.05, 3.63) is 50.1 Å². The van der Waals surface area contributed by atoms with E-state index in [1.807, 2.05) is 0 Å². The number of hydrogen-bond donors (Lipinski definition) is 5. The van der Waals surface area contributed by atoms with E-state index >= 15 is 0 Å². The number of nitrogens with one attached hydrogen (secondary N) is 3. The van der Waals surface area contributed by atoms with Gasteiger partial charge in [0.2, 0.25) is 0 Å². The normalized spacial score (nSPS) is 13.0. The first-order valence-electron chi connectivity index (χ1n) is 10.2. The molecule has 2 rings (SSSR count). The van der Waals surface area contributed by atoms with E-state index in [0.29, 0.717) is 4.47 Å². The number of aromatic hydroxyl groups is 1. The molecule has 3 amide bonds. The first kappa shape index (κ1) is 27.6. The van der Waals surface area contributed by atoms with Gasteiger partial charge in [0.25, 0.3) is 11.8 Å². The SMILES string of the molecule is COC(O)C(CNC(=O)OC(C)(C)C)NC(=O)c1sc(C(=O)NCc2cccc(O)c2)cc1Br. The van der Waals surface area contributed by atoms with Crippen LogP contribution in [-0.4, -0.2) is 59.7 Å². The Hall–Kier alpha value is -2.67. The Morgan fingerprint density at radius 2 is 1.85 bits per heavy atom. The Kier molecular flexibility index (Phi) is 9.86. The number of rotatable bonds is 9. The number of alkyl carbamates (subject to hydrolysis) is 1. The number of aliphatic hydroxyl groups is 1. The molecular weight excluding hydrogens is 530 g/mol. The Bertz CT molecular complexity index is 1020. The van der Waals surface area contributed by atoms with Crippen LogP contribution < -0.4 is 16.0 Å². The highest BCUT2D eigenvalue weighted by Crippen LogP contribution is 2.28. The van der Waals surface area contributed by atoms with Gasteiger partial charge in [-0.15, -0.1) is 11.3 Å². The summed E-state index contributed by atoms with van der Waals surface area (Å²) in [6.45, 7) is 5.17. The molecule has 186 valence electrons. The van der Waals surface area contributed by atoms with Crippen LogP contribution in [-0.2, 0) is 16.0 Å². The van der Waals surface area contributed by atoms with E-state index in [-0.39, 0.29) is 28.6 Å². The standard InChI is InChI=1S/C22H28BrN3O7S/c1-22(2,3)33-21(31)25-11-15(20(30)32-4)26-19(29)17-14(23)9-16(34-17)18(28)24-10-12-6-5-7-13(27)8-12/h5-9,15,20,27,30H,10-11H2,1-4H3,(H,24,28)(H,25,31)(H,26,29). The number of amides is 3. The summed E-state index contributed by atoms with van der Waals surface area (Å²) < 4.78 is 10.4. The van der Waals surface area contributed by atoms with Crippen LogP contribution in [0.25, 0.3) is 0 Å². The molecule has 0 spiro atoms. The molecule has 0 saturated heterocycles. The van der Waals surface area contributed by atoms with Crippen LogP contribution in [0.15, 0.2) is 34.8 Å². The van der Waals surface area contributed by atoms with Crippen molar-refractivity contribution in [3.63, 3.8) is 0 Å². The molecule has 1 aromatic carbocycles. The fraction of sp³-hybridized carbons (Fsp3) is 0.409. The third kappa shape index (κ3) is 8.60. The Labute approximate surface area is 209 Å². The smallest absolute Gasteiger partial charge is 0.407 e. The van der Waals surface area contributed by atoms with Gasteiger partial charge in [0.05, 0.1) is 10.9 Å². The summed E-state index contributed by atoms with van der Waals surface area (Å²) in [6.07, 6.45) is -2.11. The molecule has 5 N–H and O–H groups in total. The quantitative estimate of drug-likeness (QED) is 0.298. The number of hydrogen-bond acceptors (Lipinski definition) is 8. The number of ether oxygens (including phenoxy) is 2. The van der Waals surface area contributed by atoms with E-state index in [1.54, 1.807) is 32.9 Å². The van der Waals surface area contributed by atoms with E-state index in [0.717, 1.165) is 16.9 Å². The Balaban J connectivity index is 2.02. The van der Waals surface area contributed by atoms with Crippen LogP contribution in [0.4, 0.5) is 4.79 Å². The number of phenols is 1. The van der Waals surface area contributed by atoms with Gasteiger partial charge in [-0.25, -0.2) is 4.79 Å². The predicted octanol–water partition coefficient (Wildman–Crippen LogP) is 2.73. The van der Waals surface area contributed by atoms with Gasteiger partial charge in [-0.05, 0) is 60.5 Å². The minimum Gasteiger partial charge on any atom is -0.508 e. The predicted molar refractivity (Wildman–Crippen MR) is 130 cm³/mol. The average molecular weight is 558 g/mol. The zero-order valence-electron chi connectivity index (χ0n) is 19.2. The van der Waals surface area contributed by atoms with Crippen LogP contribution in [0.1, 0.15) is 45.7 Å². The second-order valence-corrected chi connectivity index (χ2v) is 10.1. The summed E-state index contributed by atoms with van der Waals surface area (Å²) in [7, 11) is 1.26. The maximum absolute atomic E-state index is 12.8. The highest BCUT2D eigenvalue weighted by molar-refractivity contribution is 9.10. The van der Waals surface area contributed by atoms with Gasteiger partial charge in [0.1, 0.15) is 16.2 Å². The van der Waals surface area contributed by atoms with E-state index < -0.39 is 35.8 Å². The summed E-state index contributed by atoms with van der Waals surface area (Å²) in [5, 5.41) is 27.4. The fourth-order valence-electron chi connectivity index (χ4n) is 2.70. The summed E-state index contributed by atoms with van der Waals surface area (Å²) in [6, 6.07) is 7.03. The minimum absolute atomic E-state index is 0.0959. The molecule has 10 nitrogen and oxygen atoms in total. The number of phenolic OH excluding ortho intramolecular Hbond substituents is 1. The van der Waals surface area contributed by atoms with Crippen molar-refractivity contribution in [2.75, 3.05) is 13.7 Å². The lowest BCUT2D eigenvalue weighted by Gasteiger charge is -2.25. The molecule has 34 heavy (non-hydrogen) atoms. The molecule has 0 radical (unpaired) electrons. The van der Waals surface area contributed by atoms with Gasteiger partial charge >= 0.3 is 6.09 Å². The lowest BCUT2D eigenvalue weighted by atomic mass is 10.2. The Morgan fingerprint density at radius 3 is 2.47 bits per heavy atom. The molecule has 0 aliphatic carbocycles. The van der Waals surface area contributed by atoms with Crippen LogP contribution in [0.2, 0.25) is 0 Å². The van der Waals surface area contributed by atoms with Crippen molar-refractivity contribution in [3.8, 4) is 5.75 Å². The van der Waals surface area contributed by atoms with E-state index in [2.05, 4.69) is 31.9 Å². The third-order valence-corrected chi connectivity index (χ3v) is 6.27. The summed E-state index contributed by atoms with van der Waals surface area (Å²) in [4.78, 5) is 37.7. The van der Waals surface area contributed by atoms with Crippen molar-refractivity contribution >= 4 is 45.2 Å². The summed E-state index contributed by atoms with van der Waals surface area (Å²) >= 11 is 4.24. The number of benzene rings is 1. The first-order valence-corrected chi connectivity index (χ1v) is 11.8. The maximum atomic E-state index is 12.8. The van der Waals surface area contributed by atoms with Crippen LogP contribution in [0, 0.1) is 0 Å². The molecule has 2 unspecified atom stereocenters. The summed E-state index contributed by atoms with van der Waals surface area (Å²) in [5.41, 5.74) is 0.0124. The second-order valence-electron chi connectivity index (χ2n) is 8.23. The largest absolute Gasteiger partial charge is 0.508 e. The number of aliphatic hydroxyl groups excluding tert-OH is 1. The van der Waals surface area contributed by atoms with Crippen LogP contribution in [0.3, 0.4) is 0 Å².